The van der Waals surface area contributed by atoms with Gasteiger partial charge in [-0.25, -0.2) is 15.0 Å². The highest BCUT2D eigenvalue weighted by molar-refractivity contribution is 5.98. The molecule has 10 aromatic rings. The average Bonchev–Trinajstić information content (AvgIpc) is 4.14. The summed E-state index contributed by atoms with van der Waals surface area (Å²) >= 11 is 0. The zero-order chi connectivity index (χ0) is 48.9. The molecule has 4 fully saturated rings. The molecule has 9 aromatic carbocycles. The van der Waals surface area contributed by atoms with E-state index in [1.165, 1.54) is 116 Å². The van der Waals surface area contributed by atoms with Gasteiger partial charge in [-0.1, -0.05) is 214 Å². The molecule has 17 rings (SSSR count). The Morgan fingerprint density at radius 2 is 0.811 bits per heavy atom. The molecule has 0 saturated heterocycles. The van der Waals surface area contributed by atoms with Crippen LogP contribution in [-0.4, -0.2) is 15.0 Å². The molecule has 3 heteroatoms. The summed E-state index contributed by atoms with van der Waals surface area (Å²) in [5.74, 6) is 4.89. The lowest BCUT2D eigenvalue weighted by atomic mass is 9.42. The summed E-state index contributed by atoms with van der Waals surface area (Å²) in [4.78, 5) is 17.1. The zero-order valence-electron chi connectivity index (χ0n) is 41.9. The van der Waals surface area contributed by atoms with E-state index in [2.05, 4.69) is 226 Å². The third-order valence-electron chi connectivity index (χ3n) is 19.2. The van der Waals surface area contributed by atoms with E-state index in [1.807, 2.05) is 0 Å². The number of fused-ring (bicyclic) bond motifs is 9. The minimum absolute atomic E-state index is 0.0948. The maximum Gasteiger partial charge on any atom is 0.164 e. The molecule has 7 aliphatic rings. The van der Waals surface area contributed by atoms with Gasteiger partial charge in [-0.2, -0.15) is 0 Å². The van der Waals surface area contributed by atoms with Gasteiger partial charge in [0.2, 0.25) is 0 Å². The summed E-state index contributed by atoms with van der Waals surface area (Å²) < 4.78 is 0. The lowest BCUT2D eigenvalue weighted by molar-refractivity contribution is -0.0397. The second kappa shape index (κ2) is 15.5. The molecule has 4 saturated carbocycles. The van der Waals surface area contributed by atoms with Crippen LogP contribution in [-0.2, 0) is 16.2 Å². The van der Waals surface area contributed by atoms with E-state index in [1.54, 1.807) is 5.56 Å². The Bertz CT molecular complexity index is 3880. The van der Waals surface area contributed by atoms with Crippen molar-refractivity contribution in [2.75, 3.05) is 0 Å². The van der Waals surface area contributed by atoms with E-state index in [0.29, 0.717) is 29.3 Å². The normalized spacial score (nSPS) is 22.2. The highest BCUT2D eigenvalue weighted by Gasteiger charge is 2.62. The van der Waals surface area contributed by atoms with Crippen molar-refractivity contribution in [2.45, 2.75) is 62.2 Å². The summed E-state index contributed by atoms with van der Waals surface area (Å²) in [6, 6.07) is 79.4. The van der Waals surface area contributed by atoms with Crippen LogP contribution in [0.5, 0.6) is 0 Å². The number of hydrogen-bond donors (Lipinski definition) is 0. The van der Waals surface area contributed by atoms with Crippen LogP contribution < -0.4 is 0 Å². The molecule has 0 radical (unpaired) electrons. The lowest BCUT2D eigenvalue weighted by Gasteiger charge is -2.61. The van der Waals surface area contributed by atoms with Crippen LogP contribution in [0.4, 0.5) is 0 Å². The van der Waals surface area contributed by atoms with E-state index in [9.17, 15) is 0 Å². The molecule has 3 nitrogen and oxygen atoms in total. The molecule has 1 heterocycles. The van der Waals surface area contributed by atoms with Gasteiger partial charge in [0.1, 0.15) is 0 Å². The van der Waals surface area contributed by atoms with Crippen LogP contribution in [0.1, 0.15) is 90.5 Å². The molecule has 354 valence electrons. The van der Waals surface area contributed by atoms with Crippen molar-refractivity contribution >= 4 is 0 Å². The first-order valence-corrected chi connectivity index (χ1v) is 27.1. The average molecular weight is 950 g/mol. The largest absolute Gasteiger partial charge is 0.208 e. The highest BCUT2D eigenvalue weighted by atomic mass is 15.0. The SMILES string of the molecule is CC1(C)c2ccccc2-c2ccc(-c3c(-c4nc(-c5ccccc5)nc(-c5cccc6c5-c5ccccc5C6(c5ccccc5)c5ccccc5)n4)ccc4c3C3(c5ccccc5-4)C4CC5CC(C4)CC3C5)cc21. The standard InChI is InChI=1S/C71H55N3/c1-69(2)58-29-15-12-25-51(58)53-34-33-46(42-62(53)69)63-57(36-35-54-52-26-13-16-30-59(52)71(65(54)63)49-38-43-37-44(40-49)41-50(71)39-43)68-73-66(45-19-6-3-7-20-45)72-67(74-68)56-28-18-32-61-64(56)55-27-14-17-31-60(55)70(61,47-21-8-4-9-22-47)48-23-10-5-11-24-48/h3-36,42-44,49-50H,37-41H2,1-2H3. The second-order valence-electron chi connectivity index (χ2n) is 23.0. The topological polar surface area (TPSA) is 38.7 Å². The van der Waals surface area contributed by atoms with E-state index >= 15 is 0 Å². The van der Waals surface area contributed by atoms with Crippen molar-refractivity contribution in [3.8, 4) is 78.7 Å². The lowest BCUT2D eigenvalue weighted by Crippen LogP contribution is -2.55. The molecule has 7 aliphatic carbocycles. The second-order valence-corrected chi connectivity index (χ2v) is 23.0. The van der Waals surface area contributed by atoms with Crippen LogP contribution in [0.25, 0.3) is 78.7 Å². The molecule has 1 aromatic heterocycles. The summed E-state index contributed by atoms with van der Waals surface area (Å²) in [6.45, 7) is 4.83. The number of aromatic nitrogens is 3. The van der Waals surface area contributed by atoms with Crippen LogP contribution in [0.2, 0.25) is 0 Å². The van der Waals surface area contributed by atoms with Crippen molar-refractivity contribution in [3.63, 3.8) is 0 Å². The summed E-state index contributed by atoms with van der Waals surface area (Å²) in [5.41, 5.74) is 23.5. The minimum Gasteiger partial charge on any atom is -0.208 e. The van der Waals surface area contributed by atoms with Crippen LogP contribution in [0, 0.1) is 23.7 Å². The van der Waals surface area contributed by atoms with Gasteiger partial charge in [-0.15, -0.1) is 0 Å². The maximum atomic E-state index is 5.84. The van der Waals surface area contributed by atoms with Gasteiger partial charge in [0.25, 0.3) is 0 Å². The molecule has 74 heavy (non-hydrogen) atoms. The molecule has 0 unspecified atom stereocenters. The van der Waals surface area contributed by atoms with Crippen LogP contribution >= 0.6 is 0 Å². The minimum atomic E-state index is -0.557. The highest BCUT2D eigenvalue weighted by Crippen LogP contribution is 2.71. The molecular formula is C71H55N3. The number of hydrogen-bond acceptors (Lipinski definition) is 3. The Morgan fingerprint density at radius 1 is 0.338 bits per heavy atom. The van der Waals surface area contributed by atoms with Crippen LogP contribution in [0.15, 0.2) is 212 Å². The van der Waals surface area contributed by atoms with E-state index in [-0.39, 0.29) is 10.8 Å². The zero-order valence-corrected chi connectivity index (χ0v) is 41.9. The Morgan fingerprint density at radius 3 is 1.47 bits per heavy atom. The summed E-state index contributed by atoms with van der Waals surface area (Å²) in [5, 5.41) is 0. The maximum absolute atomic E-state index is 5.84. The van der Waals surface area contributed by atoms with Gasteiger partial charge in [0.05, 0.1) is 5.41 Å². The van der Waals surface area contributed by atoms with Gasteiger partial charge in [-0.3, -0.25) is 0 Å². The van der Waals surface area contributed by atoms with Crippen molar-refractivity contribution in [3.05, 3.63) is 257 Å². The molecule has 0 amide bonds. The van der Waals surface area contributed by atoms with Crippen molar-refractivity contribution in [2.24, 2.45) is 23.7 Å². The Labute approximate surface area is 434 Å². The molecule has 1 spiro atoms. The van der Waals surface area contributed by atoms with Gasteiger partial charge in [-0.05, 0) is 157 Å². The number of nitrogens with zero attached hydrogens (tertiary/aromatic N) is 3. The predicted molar refractivity (Wildman–Crippen MR) is 300 cm³/mol. The number of benzene rings is 9. The third kappa shape index (κ3) is 5.60. The van der Waals surface area contributed by atoms with Gasteiger partial charge >= 0.3 is 0 Å². The van der Waals surface area contributed by atoms with Gasteiger partial charge < -0.3 is 0 Å². The fourth-order valence-corrected chi connectivity index (χ4v) is 16.6. The first-order valence-electron chi connectivity index (χ1n) is 27.1. The van der Waals surface area contributed by atoms with Gasteiger partial charge in [0, 0.05) is 27.5 Å². The Balaban J connectivity index is 0.993. The van der Waals surface area contributed by atoms with Crippen molar-refractivity contribution in [1.29, 1.82) is 0 Å². The fourth-order valence-electron chi connectivity index (χ4n) is 16.6. The number of rotatable bonds is 6. The monoisotopic (exact) mass is 949 g/mol. The van der Waals surface area contributed by atoms with Crippen molar-refractivity contribution < 1.29 is 0 Å². The molecular weight excluding hydrogens is 895 g/mol. The smallest absolute Gasteiger partial charge is 0.164 e. The Kier molecular flexibility index (Phi) is 8.91. The van der Waals surface area contributed by atoms with E-state index in [0.717, 1.165) is 28.5 Å². The first kappa shape index (κ1) is 42.5. The van der Waals surface area contributed by atoms with Crippen LogP contribution in [0.3, 0.4) is 0 Å². The van der Waals surface area contributed by atoms with E-state index < -0.39 is 5.41 Å². The molecule has 0 N–H and O–H groups in total. The summed E-state index contributed by atoms with van der Waals surface area (Å²) in [7, 11) is 0. The summed E-state index contributed by atoms with van der Waals surface area (Å²) in [6.07, 6.45) is 6.63. The quantitative estimate of drug-likeness (QED) is 0.167. The van der Waals surface area contributed by atoms with Gasteiger partial charge in [0.15, 0.2) is 17.5 Å². The third-order valence-corrected chi connectivity index (χ3v) is 19.2. The van der Waals surface area contributed by atoms with E-state index in [4.69, 9.17) is 15.0 Å². The molecule has 0 aliphatic heterocycles. The predicted octanol–water partition coefficient (Wildman–Crippen LogP) is 16.9. The first-order chi connectivity index (χ1) is 36.4. The fraction of sp³-hybridized carbons (Fsp3) is 0.197. The molecule has 0 atom stereocenters. The Hall–Kier alpha value is -8.01. The molecule has 4 bridgehead atoms. The van der Waals surface area contributed by atoms with Crippen molar-refractivity contribution in [1.82, 2.24) is 15.0 Å².